The summed E-state index contributed by atoms with van der Waals surface area (Å²) in [4.78, 5) is 43.7. The standard InChI is InChI=1S/C55H95NO14/c1-15-17-18-19-20-21-22-23-24-25-26-27-28-29-30-31-43(57)68-50-40(8)66-44(34-54(50,10)64-14)69-47-38(6)49(70-52-46(59)41(56(12)13)32-36(4)65-52)53(9,62)33-35(3)45(58)37(5)48(60)55(11,63)42(16-2)67-51(61)39(47)7/h17-18,20-21,23-24,35-42,44,46-50,52,59-60,62-63H,15-16,19,22,25-34H2,1-14H3/b18-17-,21-20-,24-23-/t35-,36-,37+,38+,39-,40+,41+,42-,44+,46-,47?,48-,49-,50+,52+,53-,54-,55-/m1/s1. The fourth-order valence-electron chi connectivity index (χ4n) is 10.7. The van der Waals surface area contributed by atoms with E-state index in [2.05, 4.69) is 43.4 Å². The van der Waals surface area contributed by atoms with Crippen LogP contribution in [0.4, 0.5) is 0 Å². The number of hydrogen-bond donors (Lipinski definition) is 4. The van der Waals surface area contributed by atoms with Crippen molar-refractivity contribution in [2.45, 2.75) is 250 Å². The molecule has 3 saturated heterocycles. The van der Waals surface area contributed by atoms with Crippen molar-refractivity contribution in [2.24, 2.45) is 23.7 Å². The Morgan fingerprint density at radius 3 is 2.03 bits per heavy atom. The number of carbonyl (C=O) groups is 3. The van der Waals surface area contributed by atoms with Crippen LogP contribution in [0.5, 0.6) is 0 Å². The number of methoxy groups -OCH3 is 1. The van der Waals surface area contributed by atoms with Gasteiger partial charge in [-0.05, 0) is 113 Å². The Hall–Kier alpha value is -2.57. The Balaban J connectivity index is 1.85. The number of ether oxygens (including phenoxy) is 7. The molecule has 0 aliphatic carbocycles. The maximum absolute atomic E-state index is 14.4. The zero-order chi connectivity index (χ0) is 52.6. The van der Waals surface area contributed by atoms with Crippen LogP contribution >= 0.6 is 0 Å². The summed E-state index contributed by atoms with van der Waals surface area (Å²) in [6, 6.07) is -0.347. The Morgan fingerprint density at radius 1 is 0.800 bits per heavy atom. The molecule has 3 aliphatic rings. The fraction of sp³-hybridized carbons (Fsp3) is 0.836. The third-order valence-electron chi connectivity index (χ3n) is 15.1. The average molecular weight is 994 g/mol. The number of aliphatic hydroxyl groups is 4. The van der Waals surface area contributed by atoms with Gasteiger partial charge in [0, 0.05) is 43.7 Å². The molecule has 0 radical (unpaired) electrons. The molecule has 3 fully saturated rings. The molecule has 3 aliphatic heterocycles. The molecule has 70 heavy (non-hydrogen) atoms. The maximum Gasteiger partial charge on any atom is 0.311 e. The quantitative estimate of drug-likeness (QED) is 0.0491. The summed E-state index contributed by atoms with van der Waals surface area (Å²) in [5.41, 5.74) is -4.94. The van der Waals surface area contributed by atoms with Crippen molar-refractivity contribution in [2.75, 3.05) is 21.2 Å². The fourth-order valence-corrected chi connectivity index (χ4v) is 10.7. The molecule has 4 N–H and O–H groups in total. The van der Waals surface area contributed by atoms with Crippen molar-refractivity contribution in [3.63, 3.8) is 0 Å². The molecular weight excluding hydrogens is 899 g/mol. The van der Waals surface area contributed by atoms with E-state index in [0.29, 0.717) is 12.8 Å². The van der Waals surface area contributed by atoms with Crippen molar-refractivity contribution >= 4 is 17.7 Å². The van der Waals surface area contributed by atoms with Gasteiger partial charge in [-0.15, -0.1) is 0 Å². The van der Waals surface area contributed by atoms with Crippen LogP contribution in [0.25, 0.3) is 0 Å². The van der Waals surface area contributed by atoms with E-state index in [-0.39, 0.29) is 43.8 Å². The van der Waals surface area contributed by atoms with Crippen LogP contribution < -0.4 is 0 Å². The van der Waals surface area contributed by atoms with Crippen LogP contribution in [-0.4, -0.2) is 149 Å². The molecular formula is C55H95NO14. The number of aliphatic hydroxyl groups excluding tert-OH is 2. The summed E-state index contributed by atoms with van der Waals surface area (Å²) in [5, 5.41) is 47.5. The third kappa shape index (κ3) is 17.3. The third-order valence-corrected chi connectivity index (χ3v) is 15.1. The van der Waals surface area contributed by atoms with Gasteiger partial charge >= 0.3 is 11.9 Å². The number of rotatable bonds is 21. The van der Waals surface area contributed by atoms with E-state index >= 15 is 0 Å². The Labute approximate surface area is 421 Å². The molecule has 0 aromatic heterocycles. The topological polar surface area (TPSA) is 200 Å². The number of allylic oxidation sites excluding steroid dienone is 6. The van der Waals surface area contributed by atoms with Crippen molar-refractivity contribution in [3.05, 3.63) is 36.5 Å². The normalized spacial score (nSPS) is 39.7. The van der Waals surface area contributed by atoms with Crippen molar-refractivity contribution in [1.82, 2.24) is 4.90 Å². The van der Waals surface area contributed by atoms with Crippen molar-refractivity contribution in [1.29, 1.82) is 0 Å². The second kappa shape index (κ2) is 28.8. The lowest BCUT2D eigenvalue weighted by molar-refractivity contribution is -0.318. The van der Waals surface area contributed by atoms with E-state index in [1.807, 2.05) is 32.8 Å². The molecule has 0 aromatic rings. The summed E-state index contributed by atoms with van der Waals surface area (Å²) in [5.74, 6) is -5.48. The summed E-state index contributed by atoms with van der Waals surface area (Å²) in [6.07, 6.45) is 12.4. The van der Waals surface area contributed by atoms with Gasteiger partial charge in [-0.25, -0.2) is 0 Å². The van der Waals surface area contributed by atoms with Gasteiger partial charge in [0.2, 0.25) is 0 Å². The number of nitrogens with zero attached hydrogens (tertiary/aromatic N) is 1. The molecule has 0 amide bonds. The van der Waals surface area contributed by atoms with Gasteiger partial charge in [0.15, 0.2) is 18.7 Å². The molecule has 3 heterocycles. The van der Waals surface area contributed by atoms with Gasteiger partial charge in [0.25, 0.3) is 0 Å². The maximum atomic E-state index is 14.4. The number of unbranched alkanes of at least 4 members (excludes halogenated alkanes) is 5. The van der Waals surface area contributed by atoms with Crippen molar-refractivity contribution < 1.29 is 68.0 Å². The lowest BCUT2D eigenvalue weighted by Gasteiger charge is -2.49. The van der Waals surface area contributed by atoms with E-state index < -0.39 is 108 Å². The van der Waals surface area contributed by atoms with Crippen molar-refractivity contribution in [3.8, 4) is 0 Å². The molecule has 1 unspecified atom stereocenters. The Morgan fingerprint density at radius 2 is 1.41 bits per heavy atom. The van der Waals surface area contributed by atoms with E-state index in [4.69, 9.17) is 33.2 Å². The number of likely N-dealkylation sites (N-methyl/N-ethyl adjacent to an activating group) is 1. The lowest BCUT2D eigenvalue weighted by Crippen LogP contribution is -2.61. The van der Waals surface area contributed by atoms with E-state index in [1.54, 1.807) is 34.6 Å². The molecule has 18 atom stereocenters. The van der Waals surface area contributed by atoms with Crippen LogP contribution in [0.1, 0.15) is 166 Å². The minimum absolute atomic E-state index is 0.0775. The highest BCUT2D eigenvalue weighted by Crippen LogP contribution is 2.41. The molecule has 15 heteroatoms. The monoisotopic (exact) mass is 994 g/mol. The van der Waals surface area contributed by atoms with E-state index in [0.717, 1.165) is 51.4 Å². The first kappa shape index (κ1) is 61.7. The van der Waals surface area contributed by atoms with Gasteiger partial charge in [0.1, 0.15) is 29.2 Å². The van der Waals surface area contributed by atoms with Crippen LogP contribution in [0.2, 0.25) is 0 Å². The number of hydrogen-bond acceptors (Lipinski definition) is 15. The molecule has 0 saturated carbocycles. The van der Waals surface area contributed by atoms with Gasteiger partial charge in [-0.3, -0.25) is 14.4 Å². The first-order valence-electron chi connectivity index (χ1n) is 26.4. The minimum atomic E-state index is -2.02. The zero-order valence-electron chi connectivity index (χ0n) is 45.3. The summed E-state index contributed by atoms with van der Waals surface area (Å²) >= 11 is 0. The van der Waals surface area contributed by atoms with Crippen LogP contribution in [0.15, 0.2) is 36.5 Å². The second-order valence-corrected chi connectivity index (χ2v) is 21.5. The first-order chi connectivity index (χ1) is 32.9. The zero-order valence-corrected chi connectivity index (χ0v) is 45.3. The van der Waals surface area contributed by atoms with E-state index in [9.17, 15) is 34.8 Å². The minimum Gasteiger partial charge on any atom is -0.459 e. The summed E-state index contributed by atoms with van der Waals surface area (Å²) in [6.45, 7) is 18.7. The molecule has 15 nitrogen and oxygen atoms in total. The SMILES string of the molecule is CC/C=C\C/C=C\C/C=C\CCCCCCCC(=O)O[C@H]1[C@H](C)O[C@@H](OC2[C@@H](C)C(=O)O[C@H](CC)[C@@](C)(O)[C@H](O)[C@@H](C)C(=O)[C@H](C)C[C@@](C)(O)[C@H](O[C@@H]3O[C@H](C)C[C@H](N(C)C)[C@H]3O)[C@H]2C)C[C@@]1(C)OC. The van der Waals surface area contributed by atoms with Crippen LogP contribution in [0.3, 0.4) is 0 Å². The highest BCUT2D eigenvalue weighted by Gasteiger charge is 2.54. The lowest BCUT2D eigenvalue weighted by atomic mass is 9.74. The van der Waals surface area contributed by atoms with Gasteiger partial charge < -0.3 is 58.5 Å². The summed E-state index contributed by atoms with van der Waals surface area (Å²) < 4.78 is 44.5. The van der Waals surface area contributed by atoms with Gasteiger partial charge in [-0.2, -0.15) is 0 Å². The van der Waals surface area contributed by atoms with Gasteiger partial charge in [-0.1, -0.05) is 90.3 Å². The number of Topliss-reactive ketones (excluding diaryl/α,β-unsaturated/α-hetero) is 1. The Bertz CT molecular complexity index is 1680. The molecule has 0 spiro atoms. The molecule has 3 rings (SSSR count). The molecule has 404 valence electrons. The predicted octanol–water partition coefficient (Wildman–Crippen LogP) is 7.93. The number of cyclic esters (lactones) is 1. The summed E-state index contributed by atoms with van der Waals surface area (Å²) in [7, 11) is 5.24. The highest BCUT2D eigenvalue weighted by molar-refractivity contribution is 5.83. The first-order valence-corrected chi connectivity index (χ1v) is 26.4. The van der Waals surface area contributed by atoms with Crippen LogP contribution in [0, 0.1) is 23.7 Å². The number of carbonyl (C=O) groups excluding carboxylic acids is 3. The number of ketones is 1. The van der Waals surface area contributed by atoms with E-state index in [1.165, 1.54) is 27.9 Å². The van der Waals surface area contributed by atoms with Crippen LogP contribution in [-0.2, 0) is 47.5 Å². The largest absolute Gasteiger partial charge is 0.459 e. The second-order valence-electron chi connectivity index (χ2n) is 21.5. The highest BCUT2D eigenvalue weighted by atomic mass is 16.7. The Kier molecular flexibility index (Phi) is 25.4. The molecule has 0 aromatic carbocycles. The predicted molar refractivity (Wildman–Crippen MR) is 269 cm³/mol. The smallest absolute Gasteiger partial charge is 0.311 e. The van der Waals surface area contributed by atoms with Gasteiger partial charge in [0.05, 0.1) is 42.0 Å². The number of esters is 2. The average Bonchev–Trinajstić information content (AvgIpc) is 3.30. The molecule has 0 bridgehead atoms.